The van der Waals surface area contributed by atoms with Crippen LogP contribution in [0.15, 0.2) is 11.1 Å². The van der Waals surface area contributed by atoms with Crippen molar-refractivity contribution in [1.82, 2.24) is 20.2 Å². The Bertz CT molecular complexity index is 590. The number of aromatic nitrogens is 4. The zero-order chi connectivity index (χ0) is 11.8. The minimum Gasteiger partial charge on any atom is -0.394 e. The van der Waals surface area contributed by atoms with Crippen molar-refractivity contribution < 1.29 is 9.84 Å². The van der Waals surface area contributed by atoms with Gasteiger partial charge in [-0.1, -0.05) is 0 Å². The highest BCUT2D eigenvalue weighted by Crippen LogP contribution is 2.33. The number of nitrogens with one attached hydrogen (secondary N) is 2. The van der Waals surface area contributed by atoms with Crippen LogP contribution in [-0.4, -0.2) is 38.0 Å². The van der Waals surface area contributed by atoms with Crippen molar-refractivity contribution in [2.24, 2.45) is 0 Å². The van der Waals surface area contributed by atoms with Crippen molar-refractivity contribution in [2.45, 2.75) is 25.0 Å². The molecule has 0 unspecified atom stereocenters. The van der Waals surface area contributed by atoms with Crippen LogP contribution in [0.1, 0.15) is 24.6 Å². The number of aliphatic hydroxyl groups is 1. The summed E-state index contributed by atoms with van der Waals surface area (Å²) >= 11 is 0. The van der Waals surface area contributed by atoms with E-state index in [9.17, 15) is 4.79 Å². The second-order valence-corrected chi connectivity index (χ2v) is 4.07. The highest BCUT2D eigenvalue weighted by atomic mass is 16.5. The van der Waals surface area contributed by atoms with Crippen LogP contribution < -0.4 is 5.56 Å². The molecule has 7 heteroatoms. The van der Waals surface area contributed by atoms with E-state index in [1.165, 1.54) is 6.33 Å². The van der Waals surface area contributed by atoms with Crippen molar-refractivity contribution in [2.75, 3.05) is 6.61 Å². The molecule has 7 nitrogen and oxygen atoms in total. The summed E-state index contributed by atoms with van der Waals surface area (Å²) in [5.74, 6) is 0. The van der Waals surface area contributed by atoms with Gasteiger partial charge in [0.15, 0.2) is 5.52 Å². The molecule has 0 amide bonds. The molecule has 0 spiro atoms. The van der Waals surface area contributed by atoms with E-state index in [4.69, 9.17) is 9.84 Å². The summed E-state index contributed by atoms with van der Waals surface area (Å²) in [5, 5.41) is 15.8. The maximum Gasteiger partial charge on any atom is 0.279 e. The van der Waals surface area contributed by atoms with Gasteiger partial charge < -0.3 is 14.8 Å². The lowest BCUT2D eigenvalue weighted by Gasteiger charge is -2.09. The molecule has 2 atom stereocenters. The van der Waals surface area contributed by atoms with Gasteiger partial charge in [-0.15, -0.1) is 0 Å². The summed E-state index contributed by atoms with van der Waals surface area (Å²) in [5.41, 5.74) is 1.27. The van der Waals surface area contributed by atoms with Crippen LogP contribution in [-0.2, 0) is 4.74 Å². The average Bonchev–Trinajstić information content (AvgIpc) is 2.94. The predicted molar refractivity (Wildman–Crippen MR) is 58.4 cm³/mol. The van der Waals surface area contributed by atoms with E-state index in [2.05, 4.69) is 20.2 Å². The predicted octanol–water partition coefficient (Wildman–Crippen LogP) is -0.141. The van der Waals surface area contributed by atoms with Gasteiger partial charge in [-0.2, -0.15) is 5.10 Å². The fourth-order valence-corrected chi connectivity index (χ4v) is 2.14. The number of hydrogen-bond acceptors (Lipinski definition) is 5. The number of rotatable bonds is 2. The van der Waals surface area contributed by atoms with Gasteiger partial charge in [-0.25, -0.2) is 4.98 Å². The monoisotopic (exact) mass is 236 g/mol. The van der Waals surface area contributed by atoms with Gasteiger partial charge in [-0.3, -0.25) is 9.89 Å². The lowest BCUT2D eigenvalue weighted by Crippen LogP contribution is -2.11. The van der Waals surface area contributed by atoms with Crippen molar-refractivity contribution in [3.63, 3.8) is 0 Å². The van der Waals surface area contributed by atoms with Gasteiger partial charge in [0.2, 0.25) is 0 Å². The first-order valence-electron chi connectivity index (χ1n) is 5.47. The Kier molecular flexibility index (Phi) is 2.41. The van der Waals surface area contributed by atoms with Gasteiger partial charge in [0, 0.05) is 0 Å². The summed E-state index contributed by atoms with van der Waals surface area (Å²) in [4.78, 5) is 18.0. The summed E-state index contributed by atoms with van der Waals surface area (Å²) in [6, 6.07) is 0. The molecule has 0 radical (unpaired) electrons. The maximum atomic E-state index is 11.5. The summed E-state index contributed by atoms with van der Waals surface area (Å²) in [6.07, 6.45) is 2.62. The van der Waals surface area contributed by atoms with Gasteiger partial charge in [0.05, 0.1) is 24.7 Å². The number of hydrogen-bond donors (Lipinski definition) is 3. The first-order chi connectivity index (χ1) is 8.29. The van der Waals surface area contributed by atoms with E-state index in [1.54, 1.807) is 0 Å². The Hall–Kier alpha value is -1.73. The zero-order valence-corrected chi connectivity index (χ0v) is 9.01. The number of nitrogens with zero attached hydrogens (tertiary/aromatic N) is 2. The summed E-state index contributed by atoms with van der Waals surface area (Å²) < 4.78 is 5.63. The third kappa shape index (κ3) is 1.63. The molecule has 1 fully saturated rings. The topological polar surface area (TPSA) is 104 Å². The highest BCUT2D eigenvalue weighted by molar-refractivity contribution is 5.75. The molecule has 3 heterocycles. The molecule has 0 bridgehead atoms. The Morgan fingerprint density at radius 1 is 1.47 bits per heavy atom. The molecule has 17 heavy (non-hydrogen) atoms. The van der Waals surface area contributed by atoms with Gasteiger partial charge in [-0.05, 0) is 12.8 Å². The Morgan fingerprint density at radius 3 is 3.12 bits per heavy atom. The fraction of sp³-hybridized carbons (Fsp3) is 0.500. The summed E-state index contributed by atoms with van der Waals surface area (Å²) in [7, 11) is 0. The second-order valence-electron chi connectivity index (χ2n) is 4.07. The highest BCUT2D eigenvalue weighted by Gasteiger charge is 2.29. The molecule has 0 aromatic carbocycles. The van der Waals surface area contributed by atoms with Crippen LogP contribution in [0.4, 0.5) is 0 Å². The molecular weight excluding hydrogens is 224 g/mol. The molecule has 1 aliphatic heterocycles. The van der Waals surface area contributed by atoms with E-state index >= 15 is 0 Å². The lowest BCUT2D eigenvalue weighted by molar-refractivity contribution is 0.00971. The van der Waals surface area contributed by atoms with Crippen LogP contribution in [0.2, 0.25) is 0 Å². The Balaban J connectivity index is 2.02. The van der Waals surface area contributed by atoms with Crippen LogP contribution in [0.3, 0.4) is 0 Å². The van der Waals surface area contributed by atoms with Crippen LogP contribution >= 0.6 is 0 Å². The first kappa shape index (κ1) is 10.4. The van der Waals surface area contributed by atoms with E-state index < -0.39 is 0 Å². The van der Waals surface area contributed by atoms with E-state index in [1.807, 2.05) is 0 Å². The van der Waals surface area contributed by atoms with Crippen molar-refractivity contribution in [1.29, 1.82) is 0 Å². The number of aromatic amines is 2. The Morgan fingerprint density at radius 2 is 2.35 bits per heavy atom. The lowest BCUT2D eigenvalue weighted by atomic mass is 10.1. The molecule has 3 N–H and O–H groups in total. The van der Waals surface area contributed by atoms with Crippen LogP contribution in [0.25, 0.3) is 11.0 Å². The standard InChI is InChI=1S/C10H12N4O3/c15-3-5-1-2-6(17-5)7-8-9(14-13-7)10(16)12-4-11-8/h4-6,15H,1-3H2,(H,13,14)(H,11,12,16)/t5-,6+/m0/s1. The van der Waals surface area contributed by atoms with Gasteiger partial charge in [0.25, 0.3) is 5.56 Å². The Labute approximate surface area is 95.8 Å². The fourth-order valence-electron chi connectivity index (χ4n) is 2.14. The normalized spacial score (nSPS) is 24.5. The minimum absolute atomic E-state index is 0.0105. The maximum absolute atomic E-state index is 11.5. The van der Waals surface area contributed by atoms with E-state index in [-0.39, 0.29) is 24.4 Å². The second kappa shape index (κ2) is 3.94. The van der Waals surface area contributed by atoms with Crippen LogP contribution in [0.5, 0.6) is 0 Å². The number of fused-ring (bicyclic) bond motifs is 1. The molecule has 0 saturated carbocycles. The van der Waals surface area contributed by atoms with Crippen molar-refractivity contribution in [3.8, 4) is 0 Å². The molecule has 90 valence electrons. The van der Waals surface area contributed by atoms with Crippen molar-refractivity contribution >= 4 is 11.0 Å². The quantitative estimate of drug-likeness (QED) is 0.673. The molecule has 2 aromatic heterocycles. The minimum atomic E-state index is -0.269. The molecule has 3 rings (SSSR count). The van der Waals surface area contributed by atoms with Gasteiger partial charge in [0.1, 0.15) is 11.6 Å². The number of aliphatic hydroxyl groups excluding tert-OH is 1. The largest absolute Gasteiger partial charge is 0.394 e. The number of H-pyrrole nitrogens is 2. The SMILES string of the molecule is O=c1[nH]cnc2c([C@H]3CC[C@@H](CO)O3)[nH]nc12. The summed E-state index contributed by atoms with van der Waals surface area (Å²) in [6.45, 7) is 0.0105. The molecule has 1 saturated heterocycles. The molecular formula is C10H12N4O3. The van der Waals surface area contributed by atoms with Crippen molar-refractivity contribution in [3.05, 3.63) is 22.4 Å². The third-order valence-electron chi connectivity index (χ3n) is 3.01. The van der Waals surface area contributed by atoms with E-state index in [0.717, 1.165) is 12.8 Å². The smallest absolute Gasteiger partial charge is 0.279 e. The zero-order valence-electron chi connectivity index (χ0n) is 9.01. The first-order valence-corrected chi connectivity index (χ1v) is 5.47. The van der Waals surface area contributed by atoms with Crippen LogP contribution in [0, 0.1) is 0 Å². The molecule has 2 aromatic rings. The molecule has 1 aliphatic rings. The van der Waals surface area contributed by atoms with Gasteiger partial charge >= 0.3 is 0 Å². The van der Waals surface area contributed by atoms with E-state index in [0.29, 0.717) is 16.7 Å². The average molecular weight is 236 g/mol. The molecule has 0 aliphatic carbocycles. The third-order valence-corrected chi connectivity index (χ3v) is 3.01. The number of ether oxygens (including phenoxy) is 1.